The molecule has 2 aromatic rings. The predicted octanol–water partition coefficient (Wildman–Crippen LogP) is 4.27. The van der Waals surface area contributed by atoms with Gasteiger partial charge in [0, 0.05) is 12.8 Å². The van der Waals surface area contributed by atoms with Crippen LogP contribution >= 0.6 is 0 Å². The zero-order valence-corrected chi connectivity index (χ0v) is 13.3. The molecule has 2 rings (SSSR count). The Bertz CT molecular complexity index is 705. The Labute approximate surface area is 135 Å². The third kappa shape index (κ3) is 4.74. The van der Waals surface area contributed by atoms with Gasteiger partial charge in [-0.2, -0.15) is 0 Å². The Morgan fingerprint density at radius 2 is 1.74 bits per heavy atom. The van der Waals surface area contributed by atoms with Crippen LogP contribution in [0.3, 0.4) is 0 Å². The first-order valence-corrected chi connectivity index (χ1v) is 7.47. The zero-order chi connectivity index (χ0) is 16.8. The SMILES string of the molecule is CC(=O)CCC(=O)c1c(C)cccc1OCc1ccc(F)cc1. The van der Waals surface area contributed by atoms with E-state index in [4.69, 9.17) is 4.74 Å². The molecular weight excluding hydrogens is 295 g/mol. The van der Waals surface area contributed by atoms with Crippen molar-refractivity contribution >= 4 is 11.6 Å². The van der Waals surface area contributed by atoms with Crippen molar-refractivity contribution < 1.29 is 18.7 Å². The fourth-order valence-electron chi connectivity index (χ4n) is 2.27. The Morgan fingerprint density at radius 1 is 1.04 bits per heavy atom. The second-order valence-corrected chi connectivity index (χ2v) is 5.49. The molecule has 0 saturated heterocycles. The molecule has 4 heteroatoms. The summed E-state index contributed by atoms with van der Waals surface area (Å²) in [5.74, 6) is 0.0698. The van der Waals surface area contributed by atoms with Crippen LogP contribution in [0.15, 0.2) is 42.5 Å². The summed E-state index contributed by atoms with van der Waals surface area (Å²) in [5.41, 5.74) is 2.14. The quantitative estimate of drug-likeness (QED) is 0.717. The van der Waals surface area contributed by atoms with Crippen LogP contribution in [0.1, 0.15) is 41.3 Å². The first-order chi connectivity index (χ1) is 11.0. The molecule has 0 aliphatic carbocycles. The van der Waals surface area contributed by atoms with Gasteiger partial charge in [0.15, 0.2) is 5.78 Å². The molecule has 0 spiro atoms. The Hall–Kier alpha value is -2.49. The van der Waals surface area contributed by atoms with Crippen LogP contribution in [0.25, 0.3) is 0 Å². The van der Waals surface area contributed by atoms with Crippen LogP contribution in [-0.4, -0.2) is 11.6 Å². The standard InChI is InChI=1S/C19H19FO3/c1-13-4-3-5-18(19(13)17(22)11-6-14(2)21)23-12-15-7-9-16(20)10-8-15/h3-5,7-10H,6,11-12H2,1-2H3. The van der Waals surface area contributed by atoms with Crippen molar-refractivity contribution in [1.29, 1.82) is 0 Å². The van der Waals surface area contributed by atoms with Crippen LogP contribution in [0, 0.1) is 12.7 Å². The van der Waals surface area contributed by atoms with E-state index in [0.29, 0.717) is 11.3 Å². The minimum Gasteiger partial charge on any atom is -0.488 e. The van der Waals surface area contributed by atoms with Crippen LogP contribution in [0.5, 0.6) is 5.75 Å². The molecule has 3 nitrogen and oxygen atoms in total. The number of ketones is 2. The van der Waals surface area contributed by atoms with Crippen LogP contribution < -0.4 is 4.74 Å². The summed E-state index contributed by atoms with van der Waals surface area (Å²) >= 11 is 0. The summed E-state index contributed by atoms with van der Waals surface area (Å²) < 4.78 is 18.7. The van der Waals surface area contributed by atoms with Crippen molar-refractivity contribution in [1.82, 2.24) is 0 Å². The normalized spacial score (nSPS) is 10.4. The van der Waals surface area contributed by atoms with Crippen molar-refractivity contribution in [3.8, 4) is 5.75 Å². The van der Waals surface area contributed by atoms with E-state index in [2.05, 4.69) is 0 Å². The maximum absolute atomic E-state index is 12.9. The largest absolute Gasteiger partial charge is 0.488 e. The minimum atomic E-state index is -0.301. The lowest BCUT2D eigenvalue weighted by Crippen LogP contribution is -2.08. The van der Waals surface area contributed by atoms with Gasteiger partial charge in [0.1, 0.15) is 24.0 Å². The molecule has 0 fully saturated rings. The molecule has 0 atom stereocenters. The molecule has 2 aromatic carbocycles. The van der Waals surface area contributed by atoms with Crippen LogP contribution in [-0.2, 0) is 11.4 Å². The van der Waals surface area contributed by atoms with Gasteiger partial charge in [0.05, 0.1) is 5.56 Å². The number of benzene rings is 2. The van der Waals surface area contributed by atoms with Gasteiger partial charge < -0.3 is 9.53 Å². The predicted molar refractivity (Wildman–Crippen MR) is 86.2 cm³/mol. The lowest BCUT2D eigenvalue weighted by atomic mass is 9.99. The Balaban J connectivity index is 2.15. The van der Waals surface area contributed by atoms with Crippen LogP contribution in [0.4, 0.5) is 4.39 Å². The van der Waals surface area contributed by atoms with Gasteiger partial charge in [-0.05, 0) is 43.2 Å². The summed E-state index contributed by atoms with van der Waals surface area (Å²) in [4.78, 5) is 23.4. The average Bonchev–Trinajstić information content (AvgIpc) is 2.52. The van der Waals surface area contributed by atoms with Gasteiger partial charge in [0.25, 0.3) is 0 Å². The summed E-state index contributed by atoms with van der Waals surface area (Å²) in [6.45, 7) is 3.56. The van der Waals surface area contributed by atoms with Crippen molar-refractivity contribution in [2.24, 2.45) is 0 Å². The van der Waals surface area contributed by atoms with Gasteiger partial charge in [-0.15, -0.1) is 0 Å². The number of carbonyl (C=O) groups excluding carboxylic acids is 2. The summed E-state index contributed by atoms with van der Waals surface area (Å²) in [5, 5.41) is 0. The van der Waals surface area contributed by atoms with E-state index < -0.39 is 0 Å². The fraction of sp³-hybridized carbons (Fsp3) is 0.263. The highest BCUT2D eigenvalue weighted by Gasteiger charge is 2.16. The van der Waals surface area contributed by atoms with Crippen molar-refractivity contribution in [3.05, 3.63) is 65.0 Å². The number of carbonyl (C=O) groups is 2. The topological polar surface area (TPSA) is 43.4 Å². The van der Waals surface area contributed by atoms with E-state index in [1.807, 2.05) is 19.1 Å². The summed E-state index contributed by atoms with van der Waals surface area (Å²) in [7, 11) is 0. The van der Waals surface area contributed by atoms with Gasteiger partial charge in [-0.3, -0.25) is 4.79 Å². The Kier molecular flexibility index (Phi) is 5.63. The van der Waals surface area contributed by atoms with E-state index in [1.165, 1.54) is 19.1 Å². The second kappa shape index (κ2) is 7.68. The number of halogens is 1. The molecule has 0 N–H and O–H groups in total. The highest BCUT2D eigenvalue weighted by atomic mass is 19.1. The number of ether oxygens (including phenoxy) is 1. The lowest BCUT2D eigenvalue weighted by molar-refractivity contribution is -0.116. The molecule has 0 unspecified atom stereocenters. The van der Waals surface area contributed by atoms with Gasteiger partial charge in [-0.1, -0.05) is 24.3 Å². The zero-order valence-electron chi connectivity index (χ0n) is 13.3. The molecule has 0 aromatic heterocycles. The molecule has 0 amide bonds. The smallest absolute Gasteiger partial charge is 0.167 e. The number of rotatable bonds is 7. The fourth-order valence-corrected chi connectivity index (χ4v) is 2.27. The van der Waals surface area contributed by atoms with E-state index in [9.17, 15) is 14.0 Å². The average molecular weight is 314 g/mol. The molecule has 120 valence electrons. The highest BCUT2D eigenvalue weighted by Crippen LogP contribution is 2.25. The molecule has 0 radical (unpaired) electrons. The maximum Gasteiger partial charge on any atom is 0.167 e. The molecule has 0 aliphatic heterocycles. The van der Waals surface area contributed by atoms with Gasteiger partial charge in [-0.25, -0.2) is 4.39 Å². The first-order valence-electron chi connectivity index (χ1n) is 7.47. The third-order valence-electron chi connectivity index (χ3n) is 3.53. The van der Waals surface area contributed by atoms with E-state index in [-0.39, 0.29) is 36.8 Å². The monoisotopic (exact) mass is 314 g/mol. The molecule has 0 heterocycles. The molecular formula is C19H19FO3. The highest BCUT2D eigenvalue weighted by molar-refractivity contribution is 6.01. The van der Waals surface area contributed by atoms with Crippen molar-refractivity contribution in [3.63, 3.8) is 0 Å². The van der Waals surface area contributed by atoms with Crippen molar-refractivity contribution in [2.75, 3.05) is 0 Å². The van der Waals surface area contributed by atoms with Gasteiger partial charge >= 0.3 is 0 Å². The maximum atomic E-state index is 12.9. The molecule has 0 aliphatic rings. The lowest BCUT2D eigenvalue weighted by Gasteiger charge is -2.13. The summed E-state index contributed by atoms with van der Waals surface area (Å²) in [6.07, 6.45) is 0.400. The second-order valence-electron chi connectivity index (χ2n) is 5.49. The molecule has 0 bridgehead atoms. The number of Topliss-reactive ketones (excluding diaryl/α,β-unsaturated/α-hetero) is 2. The van der Waals surface area contributed by atoms with Crippen LogP contribution in [0.2, 0.25) is 0 Å². The number of hydrogen-bond donors (Lipinski definition) is 0. The van der Waals surface area contributed by atoms with E-state index in [1.54, 1.807) is 18.2 Å². The third-order valence-corrected chi connectivity index (χ3v) is 3.53. The molecule has 0 saturated carbocycles. The molecule has 23 heavy (non-hydrogen) atoms. The number of aryl methyl sites for hydroxylation is 1. The van der Waals surface area contributed by atoms with Gasteiger partial charge in [0.2, 0.25) is 0 Å². The van der Waals surface area contributed by atoms with E-state index >= 15 is 0 Å². The number of hydrogen-bond acceptors (Lipinski definition) is 3. The minimum absolute atomic E-state index is 0.0132. The Morgan fingerprint density at radius 3 is 2.39 bits per heavy atom. The van der Waals surface area contributed by atoms with Crippen molar-refractivity contribution in [2.45, 2.75) is 33.3 Å². The van der Waals surface area contributed by atoms with E-state index in [0.717, 1.165) is 11.1 Å². The first kappa shape index (κ1) is 16.9. The summed E-state index contributed by atoms with van der Waals surface area (Å²) in [6, 6.07) is 11.4.